The molecule has 0 heteroatoms. The van der Waals surface area contributed by atoms with Crippen LogP contribution in [0, 0.1) is 13.8 Å². The minimum absolute atomic E-state index is 0.590. The number of fused-ring (bicyclic) bond motifs is 3. The lowest BCUT2D eigenvalue weighted by Crippen LogP contribution is -2.11. The number of benzene rings is 1. The maximum atomic E-state index is 2.37. The number of allylic oxidation sites excluding steroid dienone is 4. The van der Waals surface area contributed by atoms with Crippen molar-refractivity contribution in [3.05, 3.63) is 58.2 Å². The van der Waals surface area contributed by atoms with Gasteiger partial charge in [0.25, 0.3) is 0 Å². The van der Waals surface area contributed by atoms with Crippen molar-refractivity contribution < 1.29 is 0 Å². The fourth-order valence-corrected chi connectivity index (χ4v) is 2.98. The Morgan fingerprint density at radius 3 is 2.87 bits per heavy atom. The molecule has 0 fully saturated rings. The van der Waals surface area contributed by atoms with Crippen LogP contribution < -0.4 is 0 Å². The highest BCUT2D eigenvalue weighted by Gasteiger charge is 2.25. The zero-order valence-electron chi connectivity index (χ0n) is 9.38. The van der Waals surface area contributed by atoms with E-state index in [0.717, 1.165) is 0 Å². The molecule has 1 atom stereocenters. The summed E-state index contributed by atoms with van der Waals surface area (Å²) in [6.07, 6.45) is 9.32. The van der Waals surface area contributed by atoms with E-state index in [9.17, 15) is 0 Å². The zero-order valence-corrected chi connectivity index (χ0v) is 9.38. The van der Waals surface area contributed by atoms with Crippen LogP contribution in [0.5, 0.6) is 0 Å². The lowest BCUT2D eigenvalue weighted by atomic mass is 9.78. The zero-order chi connectivity index (χ0) is 10.4. The summed E-state index contributed by atoms with van der Waals surface area (Å²) in [5, 5.41) is 0. The molecule has 0 N–H and O–H groups in total. The quantitative estimate of drug-likeness (QED) is 0.591. The Bertz CT molecular complexity index is 475. The fraction of sp³-hybridized carbons (Fsp3) is 0.333. The molecule has 2 aliphatic rings. The van der Waals surface area contributed by atoms with E-state index in [1.54, 1.807) is 16.7 Å². The van der Waals surface area contributed by atoms with E-state index >= 15 is 0 Å². The van der Waals surface area contributed by atoms with Gasteiger partial charge >= 0.3 is 0 Å². The van der Waals surface area contributed by atoms with Crippen molar-refractivity contribution in [1.82, 2.24) is 0 Å². The van der Waals surface area contributed by atoms with Gasteiger partial charge in [0.2, 0.25) is 0 Å². The average Bonchev–Trinajstić information content (AvgIpc) is 2.65. The van der Waals surface area contributed by atoms with Gasteiger partial charge in [0.1, 0.15) is 0 Å². The Morgan fingerprint density at radius 1 is 1.13 bits per heavy atom. The summed E-state index contributed by atoms with van der Waals surface area (Å²) in [7, 11) is 0. The first-order chi connectivity index (χ1) is 7.25. The summed E-state index contributed by atoms with van der Waals surface area (Å²) in [5.74, 6) is 0.590. The molecule has 15 heavy (non-hydrogen) atoms. The second-order valence-corrected chi connectivity index (χ2v) is 4.75. The molecular weight excluding hydrogens is 180 g/mol. The van der Waals surface area contributed by atoms with E-state index in [4.69, 9.17) is 0 Å². The monoisotopic (exact) mass is 196 g/mol. The van der Waals surface area contributed by atoms with E-state index < -0.39 is 0 Å². The van der Waals surface area contributed by atoms with E-state index in [1.165, 1.54) is 24.0 Å². The van der Waals surface area contributed by atoms with Gasteiger partial charge in [-0.15, -0.1) is 0 Å². The Hall–Kier alpha value is -1.30. The maximum Gasteiger partial charge on any atom is 0.0237 e. The molecule has 0 saturated carbocycles. The third-order valence-electron chi connectivity index (χ3n) is 3.66. The van der Waals surface area contributed by atoms with Crippen LogP contribution in [0.3, 0.4) is 0 Å². The molecule has 0 radical (unpaired) electrons. The maximum absolute atomic E-state index is 2.37. The van der Waals surface area contributed by atoms with Gasteiger partial charge in [-0.05, 0) is 43.4 Å². The van der Waals surface area contributed by atoms with Crippen molar-refractivity contribution >= 4 is 0 Å². The molecule has 0 amide bonds. The van der Waals surface area contributed by atoms with Gasteiger partial charge in [-0.1, -0.05) is 41.5 Å². The standard InChI is InChI=1S/C15H16/c1-10-8-11(2)13-7-6-12-4-3-5-14(12)15(13)9-10/h3-5,8-9,14H,6-7H2,1-2H3. The van der Waals surface area contributed by atoms with Gasteiger partial charge in [-0.25, -0.2) is 0 Å². The molecular formula is C15H16. The molecule has 2 aliphatic carbocycles. The SMILES string of the molecule is Cc1cc(C)c2c(c1)C1C=CC=C1CC2. The summed E-state index contributed by atoms with van der Waals surface area (Å²) in [6.45, 7) is 4.45. The summed E-state index contributed by atoms with van der Waals surface area (Å²) in [6, 6.07) is 4.68. The molecule has 0 nitrogen and oxygen atoms in total. The summed E-state index contributed by atoms with van der Waals surface area (Å²) >= 11 is 0. The molecule has 1 aromatic rings. The van der Waals surface area contributed by atoms with Gasteiger partial charge in [0.15, 0.2) is 0 Å². The van der Waals surface area contributed by atoms with Crippen LogP contribution in [0.25, 0.3) is 0 Å². The van der Waals surface area contributed by atoms with E-state index in [0.29, 0.717) is 5.92 Å². The number of hydrogen-bond acceptors (Lipinski definition) is 0. The smallest absolute Gasteiger partial charge is 0.0237 e. The van der Waals surface area contributed by atoms with Crippen LogP contribution >= 0.6 is 0 Å². The second-order valence-electron chi connectivity index (χ2n) is 4.75. The van der Waals surface area contributed by atoms with Crippen molar-refractivity contribution in [2.75, 3.05) is 0 Å². The molecule has 0 saturated heterocycles. The average molecular weight is 196 g/mol. The molecule has 1 unspecified atom stereocenters. The summed E-state index contributed by atoms with van der Waals surface area (Å²) in [5.41, 5.74) is 7.62. The second kappa shape index (κ2) is 3.10. The highest BCUT2D eigenvalue weighted by Crippen LogP contribution is 2.41. The van der Waals surface area contributed by atoms with E-state index in [1.807, 2.05) is 0 Å². The van der Waals surface area contributed by atoms with Gasteiger partial charge in [0, 0.05) is 5.92 Å². The van der Waals surface area contributed by atoms with Crippen LogP contribution in [-0.4, -0.2) is 0 Å². The Labute approximate surface area is 91.3 Å². The van der Waals surface area contributed by atoms with Crippen molar-refractivity contribution in [2.45, 2.75) is 32.6 Å². The van der Waals surface area contributed by atoms with Gasteiger partial charge in [-0.3, -0.25) is 0 Å². The van der Waals surface area contributed by atoms with Crippen LogP contribution in [0.2, 0.25) is 0 Å². The predicted octanol–water partition coefficient (Wildman–Crippen LogP) is 3.83. The van der Waals surface area contributed by atoms with Gasteiger partial charge in [0.05, 0.1) is 0 Å². The van der Waals surface area contributed by atoms with Crippen LogP contribution in [0.15, 0.2) is 35.9 Å². The Balaban J connectivity index is 2.21. The molecule has 0 bridgehead atoms. The number of hydrogen-bond donors (Lipinski definition) is 0. The van der Waals surface area contributed by atoms with Crippen molar-refractivity contribution in [3.8, 4) is 0 Å². The predicted molar refractivity (Wildman–Crippen MR) is 64.2 cm³/mol. The van der Waals surface area contributed by atoms with Crippen LogP contribution in [0.4, 0.5) is 0 Å². The number of aryl methyl sites for hydroxylation is 2. The van der Waals surface area contributed by atoms with E-state index in [2.05, 4.69) is 44.2 Å². The highest BCUT2D eigenvalue weighted by molar-refractivity contribution is 5.51. The molecule has 0 aliphatic heterocycles. The third kappa shape index (κ3) is 1.28. The lowest BCUT2D eigenvalue weighted by Gasteiger charge is -2.26. The summed E-state index contributed by atoms with van der Waals surface area (Å²) < 4.78 is 0. The Kier molecular flexibility index (Phi) is 1.85. The topological polar surface area (TPSA) is 0 Å². The van der Waals surface area contributed by atoms with Crippen LogP contribution in [0.1, 0.15) is 34.6 Å². The van der Waals surface area contributed by atoms with Crippen LogP contribution in [-0.2, 0) is 6.42 Å². The summed E-state index contributed by atoms with van der Waals surface area (Å²) in [4.78, 5) is 0. The molecule has 0 spiro atoms. The Morgan fingerprint density at radius 2 is 2.00 bits per heavy atom. The third-order valence-corrected chi connectivity index (χ3v) is 3.66. The normalized spacial score (nSPS) is 22.3. The first-order valence-electron chi connectivity index (χ1n) is 5.73. The van der Waals surface area contributed by atoms with E-state index in [-0.39, 0.29) is 0 Å². The highest BCUT2D eigenvalue weighted by atomic mass is 14.3. The van der Waals surface area contributed by atoms with Gasteiger partial charge in [-0.2, -0.15) is 0 Å². The molecule has 76 valence electrons. The lowest BCUT2D eigenvalue weighted by molar-refractivity contribution is 0.784. The molecule has 0 aromatic heterocycles. The first kappa shape index (κ1) is 8.96. The minimum Gasteiger partial charge on any atom is -0.0730 e. The molecule has 3 rings (SSSR count). The molecule has 0 heterocycles. The number of rotatable bonds is 0. The molecule has 1 aromatic carbocycles. The minimum atomic E-state index is 0.590. The van der Waals surface area contributed by atoms with Crippen molar-refractivity contribution in [2.24, 2.45) is 0 Å². The fourth-order valence-electron chi connectivity index (χ4n) is 2.98. The van der Waals surface area contributed by atoms with Crippen molar-refractivity contribution in [3.63, 3.8) is 0 Å². The van der Waals surface area contributed by atoms with Gasteiger partial charge < -0.3 is 0 Å². The first-order valence-corrected chi connectivity index (χ1v) is 5.73. The largest absolute Gasteiger partial charge is 0.0730 e. The van der Waals surface area contributed by atoms with Crippen molar-refractivity contribution in [1.29, 1.82) is 0 Å².